The SMILES string of the molecule is CCOc1cccc(C=Nc2ccc(C)cc2Cl)c1O. The van der Waals surface area contributed by atoms with Crippen LogP contribution in [-0.4, -0.2) is 17.9 Å². The van der Waals surface area contributed by atoms with Gasteiger partial charge in [-0.15, -0.1) is 0 Å². The van der Waals surface area contributed by atoms with Crippen molar-refractivity contribution in [3.05, 3.63) is 52.5 Å². The Morgan fingerprint density at radius 2 is 2.10 bits per heavy atom. The molecule has 2 aromatic carbocycles. The third-order valence-electron chi connectivity index (χ3n) is 2.78. The van der Waals surface area contributed by atoms with E-state index in [0.717, 1.165) is 5.56 Å². The Balaban J connectivity index is 2.29. The summed E-state index contributed by atoms with van der Waals surface area (Å²) in [6.45, 7) is 4.33. The van der Waals surface area contributed by atoms with Gasteiger partial charge in [0.15, 0.2) is 11.5 Å². The van der Waals surface area contributed by atoms with Crippen LogP contribution in [0, 0.1) is 6.92 Å². The van der Waals surface area contributed by atoms with Gasteiger partial charge in [0, 0.05) is 11.8 Å². The van der Waals surface area contributed by atoms with E-state index in [4.69, 9.17) is 16.3 Å². The number of hydrogen-bond acceptors (Lipinski definition) is 3. The molecular weight excluding hydrogens is 274 g/mol. The van der Waals surface area contributed by atoms with Crippen molar-refractivity contribution in [3.63, 3.8) is 0 Å². The number of halogens is 1. The highest BCUT2D eigenvalue weighted by Crippen LogP contribution is 2.30. The van der Waals surface area contributed by atoms with Crippen molar-refractivity contribution in [3.8, 4) is 11.5 Å². The molecule has 2 rings (SSSR count). The van der Waals surface area contributed by atoms with Gasteiger partial charge >= 0.3 is 0 Å². The largest absolute Gasteiger partial charge is 0.504 e. The second-order valence-corrected chi connectivity index (χ2v) is 4.75. The summed E-state index contributed by atoms with van der Waals surface area (Å²) in [6.07, 6.45) is 1.58. The molecule has 0 aliphatic carbocycles. The van der Waals surface area contributed by atoms with Crippen molar-refractivity contribution < 1.29 is 9.84 Å². The van der Waals surface area contributed by atoms with Crippen LogP contribution in [0.5, 0.6) is 11.5 Å². The lowest BCUT2D eigenvalue weighted by Crippen LogP contribution is -1.93. The van der Waals surface area contributed by atoms with Crippen molar-refractivity contribution >= 4 is 23.5 Å². The molecule has 1 N–H and O–H groups in total. The lowest BCUT2D eigenvalue weighted by atomic mass is 10.2. The first-order chi connectivity index (χ1) is 9.61. The van der Waals surface area contributed by atoms with Gasteiger partial charge in [0.1, 0.15) is 0 Å². The molecule has 0 unspecified atom stereocenters. The fraction of sp³-hybridized carbons (Fsp3) is 0.188. The number of aliphatic imine (C=N–C) groups is 1. The summed E-state index contributed by atoms with van der Waals surface area (Å²) in [6, 6.07) is 10.9. The van der Waals surface area contributed by atoms with E-state index in [-0.39, 0.29) is 5.75 Å². The maximum absolute atomic E-state index is 10.1. The summed E-state index contributed by atoms with van der Waals surface area (Å²) >= 11 is 6.12. The Hall–Kier alpha value is -2.00. The van der Waals surface area contributed by atoms with Crippen LogP contribution in [-0.2, 0) is 0 Å². The molecule has 4 heteroatoms. The van der Waals surface area contributed by atoms with Crippen LogP contribution in [0.4, 0.5) is 5.69 Å². The van der Waals surface area contributed by atoms with Crippen molar-refractivity contribution in [1.29, 1.82) is 0 Å². The van der Waals surface area contributed by atoms with E-state index < -0.39 is 0 Å². The number of aryl methyl sites for hydroxylation is 1. The van der Waals surface area contributed by atoms with Crippen molar-refractivity contribution in [1.82, 2.24) is 0 Å². The molecule has 0 atom stereocenters. The van der Waals surface area contributed by atoms with Gasteiger partial charge in [-0.25, -0.2) is 0 Å². The predicted molar refractivity (Wildman–Crippen MR) is 82.7 cm³/mol. The second kappa shape index (κ2) is 6.44. The van der Waals surface area contributed by atoms with E-state index in [1.807, 2.05) is 38.1 Å². The minimum absolute atomic E-state index is 0.0846. The molecule has 0 aliphatic rings. The number of ether oxygens (including phenoxy) is 1. The zero-order chi connectivity index (χ0) is 14.5. The predicted octanol–water partition coefficient (Wildman–Crippen LogP) is 4.50. The van der Waals surface area contributed by atoms with Gasteiger partial charge in [-0.05, 0) is 43.7 Å². The normalized spacial score (nSPS) is 10.9. The summed E-state index contributed by atoms with van der Waals surface area (Å²) in [7, 11) is 0. The molecule has 0 aliphatic heterocycles. The molecule has 0 spiro atoms. The quantitative estimate of drug-likeness (QED) is 0.842. The summed E-state index contributed by atoms with van der Waals surface area (Å²) in [5.74, 6) is 0.535. The maximum Gasteiger partial charge on any atom is 0.166 e. The van der Waals surface area contributed by atoms with Crippen LogP contribution in [0.15, 0.2) is 41.4 Å². The average molecular weight is 290 g/mol. The van der Waals surface area contributed by atoms with Gasteiger partial charge in [0.05, 0.1) is 17.3 Å². The van der Waals surface area contributed by atoms with E-state index in [1.165, 1.54) is 0 Å². The number of phenols is 1. The standard InChI is InChI=1S/C16H16ClNO2/c1-3-20-15-6-4-5-12(16(15)19)10-18-14-8-7-11(2)9-13(14)17/h4-10,19H,3H2,1-2H3. The highest BCUT2D eigenvalue weighted by Gasteiger charge is 2.06. The zero-order valence-corrected chi connectivity index (χ0v) is 12.2. The fourth-order valence-electron chi connectivity index (χ4n) is 1.77. The van der Waals surface area contributed by atoms with E-state index >= 15 is 0 Å². The Morgan fingerprint density at radius 3 is 2.80 bits per heavy atom. The number of rotatable bonds is 4. The Bertz CT molecular complexity index is 638. The van der Waals surface area contributed by atoms with Crippen LogP contribution in [0.1, 0.15) is 18.1 Å². The molecule has 3 nitrogen and oxygen atoms in total. The van der Waals surface area contributed by atoms with Crippen LogP contribution >= 0.6 is 11.6 Å². The summed E-state index contributed by atoms with van der Waals surface area (Å²) in [5, 5.41) is 10.6. The number of aromatic hydroxyl groups is 1. The molecule has 0 fully saturated rings. The smallest absolute Gasteiger partial charge is 0.166 e. The monoisotopic (exact) mass is 289 g/mol. The molecule has 0 saturated heterocycles. The summed E-state index contributed by atoms with van der Waals surface area (Å²) in [5.41, 5.74) is 2.33. The Labute approximate surface area is 123 Å². The second-order valence-electron chi connectivity index (χ2n) is 4.34. The van der Waals surface area contributed by atoms with E-state index in [1.54, 1.807) is 18.3 Å². The fourth-order valence-corrected chi connectivity index (χ4v) is 2.06. The average Bonchev–Trinajstić information content (AvgIpc) is 2.42. The minimum Gasteiger partial charge on any atom is -0.504 e. The van der Waals surface area contributed by atoms with Gasteiger partial charge in [-0.2, -0.15) is 0 Å². The molecule has 20 heavy (non-hydrogen) atoms. The molecule has 0 saturated carbocycles. The van der Waals surface area contributed by atoms with Gasteiger partial charge in [0.2, 0.25) is 0 Å². The lowest BCUT2D eigenvalue weighted by Gasteiger charge is -2.07. The highest BCUT2D eigenvalue weighted by atomic mass is 35.5. The van der Waals surface area contributed by atoms with E-state index in [0.29, 0.717) is 28.6 Å². The van der Waals surface area contributed by atoms with Gasteiger partial charge in [0.25, 0.3) is 0 Å². The van der Waals surface area contributed by atoms with Gasteiger partial charge in [-0.3, -0.25) is 4.99 Å². The van der Waals surface area contributed by atoms with E-state index in [9.17, 15) is 5.11 Å². The number of para-hydroxylation sites is 1. The van der Waals surface area contributed by atoms with E-state index in [2.05, 4.69) is 4.99 Å². The van der Waals surface area contributed by atoms with Crippen LogP contribution in [0.25, 0.3) is 0 Å². The number of benzene rings is 2. The Morgan fingerprint density at radius 1 is 1.30 bits per heavy atom. The first-order valence-corrected chi connectivity index (χ1v) is 6.74. The topological polar surface area (TPSA) is 41.8 Å². The van der Waals surface area contributed by atoms with Crippen molar-refractivity contribution in [2.24, 2.45) is 4.99 Å². The molecular formula is C16H16ClNO2. The van der Waals surface area contributed by atoms with Crippen molar-refractivity contribution in [2.45, 2.75) is 13.8 Å². The molecule has 0 aromatic heterocycles. The highest BCUT2D eigenvalue weighted by molar-refractivity contribution is 6.33. The first kappa shape index (κ1) is 14.4. The molecule has 0 radical (unpaired) electrons. The third kappa shape index (κ3) is 3.31. The van der Waals surface area contributed by atoms with Gasteiger partial charge < -0.3 is 9.84 Å². The minimum atomic E-state index is 0.0846. The molecule has 0 bridgehead atoms. The number of nitrogens with zero attached hydrogens (tertiary/aromatic N) is 1. The van der Waals surface area contributed by atoms with Gasteiger partial charge in [-0.1, -0.05) is 23.7 Å². The van der Waals surface area contributed by atoms with Crippen LogP contribution < -0.4 is 4.74 Å². The number of hydrogen-bond donors (Lipinski definition) is 1. The Kier molecular flexibility index (Phi) is 4.64. The van der Waals surface area contributed by atoms with Crippen LogP contribution in [0.2, 0.25) is 5.02 Å². The van der Waals surface area contributed by atoms with Crippen LogP contribution in [0.3, 0.4) is 0 Å². The number of phenolic OH excluding ortho intramolecular Hbond substituents is 1. The first-order valence-electron chi connectivity index (χ1n) is 6.37. The molecule has 0 heterocycles. The molecule has 104 valence electrons. The maximum atomic E-state index is 10.1. The lowest BCUT2D eigenvalue weighted by molar-refractivity contribution is 0.318. The molecule has 0 amide bonds. The summed E-state index contributed by atoms with van der Waals surface area (Å²) < 4.78 is 5.33. The molecule has 2 aromatic rings. The van der Waals surface area contributed by atoms with Crippen molar-refractivity contribution in [2.75, 3.05) is 6.61 Å². The summed E-state index contributed by atoms with van der Waals surface area (Å²) in [4.78, 5) is 4.31. The zero-order valence-electron chi connectivity index (χ0n) is 11.4. The third-order valence-corrected chi connectivity index (χ3v) is 3.08.